The first-order valence-corrected chi connectivity index (χ1v) is 9.89. The van der Waals surface area contributed by atoms with E-state index < -0.39 is 32.2 Å². The van der Waals surface area contributed by atoms with Crippen LogP contribution in [0.4, 0.5) is 18.0 Å². The van der Waals surface area contributed by atoms with Gasteiger partial charge in [0.2, 0.25) is 0 Å². The topological polar surface area (TPSA) is 49.7 Å². The average Bonchev–Trinajstić information content (AvgIpc) is 2.44. The van der Waals surface area contributed by atoms with Crippen LogP contribution in [-0.2, 0) is 15.9 Å². The van der Waals surface area contributed by atoms with Gasteiger partial charge in [0.05, 0.1) is 20.0 Å². The Bertz CT molecular complexity index is 746. The SMILES string of the molecule is CC(C)N(C(=O)N=[S@](=O)(c1ccc(C(F)(F)F)cc1)C(C)(C)C)C(C)C. The second kappa shape index (κ2) is 7.58. The number of benzene rings is 1. The van der Waals surface area contributed by atoms with Crippen molar-refractivity contribution in [2.45, 2.75) is 76.4 Å². The number of urea groups is 1. The summed E-state index contributed by atoms with van der Waals surface area (Å²) in [5, 5.41) is 0. The van der Waals surface area contributed by atoms with Crippen LogP contribution < -0.4 is 0 Å². The van der Waals surface area contributed by atoms with Crippen LogP contribution >= 0.6 is 0 Å². The Morgan fingerprint density at radius 2 is 1.42 bits per heavy atom. The molecular formula is C18H27F3N2O2S. The summed E-state index contributed by atoms with van der Waals surface area (Å²) in [4.78, 5) is 14.3. The summed E-state index contributed by atoms with van der Waals surface area (Å²) in [5.41, 5.74) is -0.839. The summed E-state index contributed by atoms with van der Waals surface area (Å²) >= 11 is 0. The first-order chi connectivity index (χ1) is 11.6. The molecule has 26 heavy (non-hydrogen) atoms. The van der Waals surface area contributed by atoms with E-state index in [1.165, 1.54) is 4.90 Å². The number of halogens is 3. The first kappa shape index (κ1) is 22.5. The minimum absolute atomic E-state index is 0.110. The lowest BCUT2D eigenvalue weighted by atomic mass is 10.2. The zero-order valence-corrected chi connectivity index (χ0v) is 17.0. The summed E-state index contributed by atoms with van der Waals surface area (Å²) in [7, 11) is -3.29. The monoisotopic (exact) mass is 392 g/mol. The molecule has 0 aromatic heterocycles. The van der Waals surface area contributed by atoms with E-state index in [4.69, 9.17) is 0 Å². The van der Waals surface area contributed by atoms with Crippen LogP contribution in [0, 0.1) is 0 Å². The van der Waals surface area contributed by atoms with Gasteiger partial charge < -0.3 is 4.90 Å². The van der Waals surface area contributed by atoms with Crippen molar-refractivity contribution in [1.29, 1.82) is 0 Å². The summed E-state index contributed by atoms with van der Waals surface area (Å²) in [6.45, 7) is 12.3. The maximum atomic E-state index is 13.6. The van der Waals surface area contributed by atoms with Gasteiger partial charge >= 0.3 is 12.2 Å². The predicted octanol–water partition coefficient (Wildman–Crippen LogP) is 5.57. The third-order valence-electron chi connectivity index (χ3n) is 3.87. The lowest BCUT2D eigenvalue weighted by Crippen LogP contribution is -2.41. The van der Waals surface area contributed by atoms with Crippen LogP contribution in [0.5, 0.6) is 0 Å². The molecule has 0 spiro atoms. The number of nitrogens with zero attached hydrogens (tertiary/aromatic N) is 2. The molecule has 0 unspecified atom stereocenters. The number of hydrogen-bond acceptors (Lipinski definition) is 2. The van der Waals surface area contributed by atoms with Crippen molar-refractivity contribution in [1.82, 2.24) is 4.90 Å². The molecule has 148 valence electrons. The van der Waals surface area contributed by atoms with Crippen molar-refractivity contribution >= 4 is 15.8 Å². The Labute approximate surface area is 154 Å². The van der Waals surface area contributed by atoms with Gasteiger partial charge in [0, 0.05) is 17.0 Å². The van der Waals surface area contributed by atoms with Crippen LogP contribution in [0.2, 0.25) is 0 Å². The number of carbonyl (C=O) groups is 1. The summed E-state index contributed by atoms with van der Waals surface area (Å²) < 4.78 is 55.1. The molecule has 0 fully saturated rings. The largest absolute Gasteiger partial charge is 0.416 e. The summed E-state index contributed by atoms with van der Waals surface area (Å²) in [6.07, 6.45) is -4.49. The molecule has 0 bridgehead atoms. The Morgan fingerprint density at radius 3 is 1.73 bits per heavy atom. The number of rotatable bonds is 3. The van der Waals surface area contributed by atoms with E-state index in [1.807, 2.05) is 27.7 Å². The molecule has 0 aliphatic carbocycles. The molecule has 1 rings (SSSR count). The molecule has 1 aromatic rings. The number of amides is 2. The Morgan fingerprint density at radius 1 is 1.00 bits per heavy atom. The average molecular weight is 392 g/mol. The van der Waals surface area contributed by atoms with Gasteiger partial charge in [-0.25, -0.2) is 9.00 Å². The van der Waals surface area contributed by atoms with Crippen molar-refractivity contribution in [2.24, 2.45) is 4.36 Å². The van der Waals surface area contributed by atoms with E-state index in [0.717, 1.165) is 24.3 Å². The van der Waals surface area contributed by atoms with E-state index in [9.17, 15) is 22.2 Å². The molecule has 1 atom stereocenters. The standard InChI is InChI=1S/C18H27F3N2O2S/c1-12(2)23(13(3)4)16(24)22-26(25,17(5,6)7)15-10-8-14(9-11-15)18(19,20)21/h8-13H,1-7H3/t26-/m0/s1. The second-order valence-electron chi connectivity index (χ2n) is 7.63. The molecular weight excluding hydrogens is 365 g/mol. The van der Waals surface area contributed by atoms with E-state index in [1.54, 1.807) is 20.8 Å². The number of alkyl halides is 3. The van der Waals surface area contributed by atoms with Gasteiger partial charge in [0.15, 0.2) is 0 Å². The Hall–Kier alpha value is -1.57. The number of carbonyl (C=O) groups excluding carboxylic acids is 1. The third kappa shape index (κ3) is 4.78. The van der Waals surface area contributed by atoms with E-state index >= 15 is 0 Å². The highest BCUT2D eigenvalue weighted by molar-refractivity contribution is 7.95. The van der Waals surface area contributed by atoms with Crippen LogP contribution in [0.1, 0.15) is 54.0 Å². The van der Waals surface area contributed by atoms with Crippen molar-refractivity contribution in [2.75, 3.05) is 0 Å². The van der Waals surface area contributed by atoms with Gasteiger partial charge in [0.25, 0.3) is 0 Å². The fraction of sp³-hybridized carbons (Fsp3) is 0.611. The first-order valence-electron chi connectivity index (χ1n) is 8.37. The zero-order valence-electron chi connectivity index (χ0n) is 16.2. The highest BCUT2D eigenvalue weighted by Crippen LogP contribution is 2.33. The Balaban J connectivity index is 3.54. The molecule has 8 heteroatoms. The van der Waals surface area contributed by atoms with Gasteiger partial charge in [-0.2, -0.15) is 13.2 Å². The normalized spacial score (nSPS) is 15.1. The van der Waals surface area contributed by atoms with E-state index in [2.05, 4.69) is 4.36 Å². The maximum absolute atomic E-state index is 13.6. The molecule has 0 heterocycles. The summed E-state index contributed by atoms with van der Waals surface area (Å²) in [6, 6.07) is 3.08. The fourth-order valence-corrected chi connectivity index (χ4v) is 4.47. The molecule has 0 radical (unpaired) electrons. The minimum atomic E-state index is -4.49. The van der Waals surface area contributed by atoms with Crippen molar-refractivity contribution in [3.8, 4) is 0 Å². The Kier molecular flexibility index (Phi) is 6.55. The zero-order chi connectivity index (χ0) is 20.5. The molecule has 1 aromatic carbocycles. The highest BCUT2D eigenvalue weighted by Gasteiger charge is 2.34. The molecule has 0 aliphatic rings. The summed E-state index contributed by atoms with van der Waals surface area (Å²) in [5.74, 6) is 0. The van der Waals surface area contributed by atoms with E-state index in [0.29, 0.717) is 0 Å². The molecule has 2 amide bonds. The molecule has 0 saturated carbocycles. The van der Waals surface area contributed by atoms with Crippen LogP contribution in [-0.4, -0.2) is 32.0 Å². The van der Waals surface area contributed by atoms with Gasteiger partial charge in [-0.05, 0) is 72.7 Å². The second-order valence-corrected chi connectivity index (χ2v) is 10.6. The van der Waals surface area contributed by atoms with Crippen molar-refractivity contribution < 1.29 is 22.2 Å². The molecule has 0 N–H and O–H groups in total. The van der Waals surface area contributed by atoms with Crippen LogP contribution in [0.25, 0.3) is 0 Å². The van der Waals surface area contributed by atoms with Gasteiger partial charge in [-0.15, -0.1) is 4.36 Å². The van der Waals surface area contributed by atoms with Crippen LogP contribution in [0.15, 0.2) is 33.5 Å². The lowest BCUT2D eigenvalue weighted by molar-refractivity contribution is -0.137. The van der Waals surface area contributed by atoms with Crippen molar-refractivity contribution in [3.63, 3.8) is 0 Å². The maximum Gasteiger partial charge on any atom is 0.416 e. The minimum Gasteiger partial charge on any atom is -0.318 e. The number of hydrogen-bond donors (Lipinski definition) is 0. The van der Waals surface area contributed by atoms with Crippen molar-refractivity contribution in [3.05, 3.63) is 29.8 Å². The van der Waals surface area contributed by atoms with Gasteiger partial charge in [-0.1, -0.05) is 0 Å². The van der Waals surface area contributed by atoms with Gasteiger partial charge in [-0.3, -0.25) is 0 Å². The molecule has 4 nitrogen and oxygen atoms in total. The van der Waals surface area contributed by atoms with E-state index in [-0.39, 0.29) is 17.0 Å². The molecule has 0 aliphatic heterocycles. The smallest absolute Gasteiger partial charge is 0.318 e. The highest BCUT2D eigenvalue weighted by atomic mass is 32.2. The fourth-order valence-electron chi connectivity index (χ4n) is 2.57. The predicted molar refractivity (Wildman–Crippen MR) is 97.5 cm³/mol. The quantitative estimate of drug-likeness (QED) is 0.675. The molecule has 0 saturated heterocycles. The van der Waals surface area contributed by atoms with Gasteiger partial charge in [0.1, 0.15) is 0 Å². The van der Waals surface area contributed by atoms with Crippen LogP contribution in [0.3, 0.4) is 0 Å². The third-order valence-corrected chi connectivity index (χ3v) is 6.86. The lowest BCUT2D eigenvalue weighted by Gasteiger charge is -2.31.